The largest absolute Gasteiger partial charge is 0.505 e. The number of hydrogen-bond acceptors (Lipinski definition) is 10. The number of phenolic OH excluding ortho intramolecular Hbond substituents is 2. The van der Waals surface area contributed by atoms with Crippen molar-refractivity contribution >= 4 is 49.4 Å². The van der Waals surface area contributed by atoms with E-state index in [2.05, 4.69) is 114 Å². The van der Waals surface area contributed by atoms with Crippen LogP contribution >= 0.6 is 0 Å². The Balaban J connectivity index is 0. The summed E-state index contributed by atoms with van der Waals surface area (Å²) in [5.41, 5.74) is 4.22. The Morgan fingerprint density at radius 3 is 1.16 bits per heavy atom. The van der Waals surface area contributed by atoms with Crippen molar-refractivity contribution in [1.82, 2.24) is 0 Å². The number of nitrogens with zero attached hydrogens (tertiary/aromatic N) is 8. The SMILES string of the molecule is CCC.CCC.CCC.CN=NC.CN=Nc1ccc2ccc(C)[c-]c2c1C.CN=Nc1ccc2ccccc2c1O.CN=Nc1ccc2ccccc2c1O.[Y]. The van der Waals surface area contributed by atoms with Crippen LogP contribution in [0.1, 0.15) is 71.9 Å². The smallest absolute Gasteiger partial charge is 0.150 e. The zero-order valence-electron chi connectivity index (χ0n) is 36.4. The molecule has 0 aliphatic rings. The fourth-order valence-electron chi connectivity index (χ4n) is 4.56. The summed E-state index contributed by atoms with van der Waals surface area (Å²) >= 11 is 0. The van der Waals surface area contributed by atoms with Gasteiger partial charge in [0.2, 0.25) is 0 Å². The average molecular weight is 849 g/mol. The van der Waals surface area contributed by atoms with E-state index in [1.807, 2.05) is 73.7 Å². The Bertz CT molecular complexity index is 2010. The summed E-state index contributed by atoms with van der Waals surface area (Å²) in [7, 11) is 8.12. The van der Waals surface area contributed by atoms with Crippen molar-refractivity contribution in [2.45, 2.75) is 74.7 Å². The van der Waals surface area contributed by atoms with Gasteiger partial charge in [0.15, 0.2) is 11.5 Å². The minimum absolute atomic E-state index is 0. The average Bonchev–Trinajstić information content (AvgIpc) is 3.20. The van der Waals surface area contributed by atoms with Crippen LogP contribution in [0.15, 0.2) is 138 Å². The number of rotatable bonds is 3. The summed E-state index contributed by atoms with van der Waals surface area (Å²) in [5, 5.41) is 55.2. The summed E-state index contributed by atoms with van der Waals surface area (Å²) in [5.74, 6) is 0.377. The van der Waals surface area contributed by atoms with Gasteiger partial charge in [-0.1, -0.05) is 153 Å². The van der Waals surface area contributed by atoms with Gasteiger partial charge >= 0.3 is 0 Å². The molecular weight excluding hydrogens is 785 g/mol. The van der Waals surface area contributed by atoms with Crippen LogP contribution in [0.3, 0.4) is 0 Å². The third kappa shape index (κ3) is 19.8. The molecule has 0 saturated heterocycles. The van der Waals surface area contributed by atoms with Gasteiger partial charge in [-0.15, -0.1) is 34.5 Å². The van der Waals surface area contributed by atoms with Gasteiger partial charge in [0.05, 0.1) is 0 Å². The molecule has 0 unspecified atom stereocenters. The topological polar surface area (TPSA) is 139 Å². The first-order chi connectivity index (χ1) is 27.0. The summed E-state index contributed by atoms with van der Waals surface area (Å²) in [4.78, 5) is 0. The summed E-state index contributed by atoms with van der Waals surface area (Å²) in [6.45, 7) is 16.9. The number of aryl methyl sites for hydroxylation is 2. The molecule has 1 radical (unpaired) electrons. The van der Waals surface area contributed by atoms with Crippen LogP contribution in [0, 0.1) is 19.9 Å². The van der Waals surface area contributed by atoms with Gasteiger partial charge in [-0.05, 0) is 22.9 Å². The Hall–Kier alpha value is -4.80. The Morgan fingerprint density at radius 2 is 0.772 bits per heavy atom. The molecule has 0 fully saturated rings. The maximum absolute atomic E-state index is 9.83. The summed E-state index contributed by atoms with van der Waals surface area (Å²) < 4.78 is 0. The minimum Gasteiger partial charge on any atom is -0.505 e. The van der Waals surface area contributed by atoms with Gasteiger partial charge in [0.1, 0.15) is 11.4 Å². The molecule has 0 saturated carbocycles. The van der Waals surface area contributed by atoms with Gasteiger partial charge in [-0.25, -0.2) is 0 Å². The third-order valence-corrected chi connectivity index (χ3v) is 6.89. The van der Waals surface area contributed by atoms with Crippen molar-refractivity contribution in [3.8, 4) is 11.5 Å². The first-order valence-corrected chi connectivity index (χ1v) is 18.9. The van der Waals surface area contributed by atoms with E-state index >= 15 is 0 Å². The fraction of sp³-hybridized carbons (Fsp3) is 0.348. The van der Waals surface area contributed by atoms with E-state index in [1.54, 1.807) is 47.4 Å². The quantitative estimate of drug-likeness (QED) is 0.135. The van der Waals surface area contributed by atoms with E-state index in [1.165, 1.54) is 24.6 Å². The van der Waals surface area contributed by atoms with Crippen molar-refractivity contribution in [2.75, 3.05) is 35.2 Å². The van der Waals surface area contributed by atoms with Crippen molar-refractivity contribution in [3.05, 3.63) is 114 Å². The first-order valence-electron chi connectivity index (χ1n) is 18.9. The molecule has 303 valence electrons. The van der Waals surface area contributed by atoms with E-state index < -0.39 is 0 Å². The second kappa shape index (κ2) is 33.4. The molecule has 6 aromatic rings. The maximum atomic E-state index is 9.83. The number of hydrogen-bond donors (Lipinski definition) is 2. The van der Waals surface area contributed by atoms with Crippen molar-refractivity contribution in [3.63, 3.8) is 0 Å². The number of azo groups is 4. The van der Waals surface area contributed by atoms with E-state index in [0.717, 1.165) is 43.7 Å². The Kier molecular flexibility index (Phi) is 31.8. The zero-order chi connectivity index (χ0) is 42.3. The van der Waals surface area contributed by atoms with Crippen LogP contribution in [-0.2, 0) is 32.7 Å². The third-order valence-electron chi connectivity index (χ3n) is 6.89. The monoisotopic (exact) mass is 848 g/mol. The molecule has 0 spiro atoms. The van der Waals surface area contributed by atoms with Gasteiger partial charge in [0, 0.05) is 84.4 Å². The normalized spacial score (nSPS) is 10.1. The second-order valence-electron chi connectivity index (χ2n) is 12.0. The van der Waals surface area contributed by atoms with Crippen LogP contribution < -0.4 is 0 Å². The predicted molar refractivity (Wildman–Crippen MR) is 239 cm³/mol. The Morgan fingerprint density at radius 1 is 0.439 bits per heavy atom. The van der Waals surface area contributed by atoms with Gasteiger partial charge in [-0.3, -0.25) is 0 Å². The van der Waals surface area contributed by atoms with Gasteiger partial charge in [0.25, 0.3) is 0 Å². The van der Waals surface area contributed by atoms with E-state index in [0.29, 0.717) is 11.4 Å². The van der Waals surface area contributed by atoms with E-state index in [-0.39, 0.29) is 44.2 Å². The summed E-state index contributed by atoms with van der Waals surface area (Å²) in [6, 6.07) is 34.2. The number of phenols is 2. The minimum atomic E-state index is 0. The molecule has 11 heteroatoms. The van der Waals surface area contributed by atoms with Gasteiger partial charge < -0.3 is 10.2 Å². The van der Waals surface area contributed by atoms with Gasteiger partial charge in [-0.2, -0.15) is 40.9 Å². The molecular formula is C46H63N8O2Y-. The van der Waals surface area contributed by atoms with Crippen molar-refractivity contribution in [1.29, 1.82) is 0 Å². The molecule has 0 aliphatic heterocycles. The van der Waals surface area contributed by atoms with Crippen LogP contribution in [0.25, 0.3) is 32.3 Å². The molecule has 10 nitrogen and oxygen atoms in total. The zero-order valence-corrected chi connectivity index (χ0v) is 39.2. The molecule has 0 bridgehead atoms. The molecule has 6 aromatic carbocycles. The molecule has 0 amide bonds. The number of aromatic hydroxyl groups is 2. The Labute approximate surface area is 366 Å². The van der Waals surface area contributed by atoms with Crippen LogP contribution in [0.5, 0.6) is 11.5 Å². The molecule has 0 aliphatic carbocycles. The number of benzene rings is 6. The second-order valence-corrected chi connectivity index (χ2v) is 12.0. The number of fused-ring (bicyclic) bond motifs is 3. The molecule has 0 atom stereocenters. The van der Waals surface area contributed by atoms with Crippen LogP contribution in [0.4, 0.5) is 17.1 Å². The molecule has 0 aromatic heterocycles. The van der Waals surface area contributed by atoms with Crippen molar-refractivity contribution in [2.24, 2.45) is 40.9 Å². The molecule has 2 N–H and O–H groups in total. The first kappa shape index (κ1) is 54.3. The van der Waals surface area contributed by atoms with Crippen LogP contribution in [0.2, 0.25) is 0 Å². The predicted octanol–water partition coefficient (Wildman–Crippen LogP) is 15.4. The standard InChI is InChI=1S/C13H13N2.2C11H10N2O.3C3H8.C2H6N2.Y/c1-9-4-5-11-6-7-13(15-14-3)10(2)12(11)8-9;2*1-12-13-10-7-6-8-4-2-3-5-9(8)11(10)14;3*1-3-2;1-3-4-2;/h4-7H,1-3H3;2*2-7,14H,1H3;3*3H2,1-2H3;1-2H3;/q-1;;;;;;;. The van der Waals surface area contributed by atoms with Crippen molar-refractivity contribution < 1.29 is 42.9 Å². The van der Waals surface area contributed by atoms with E-state index in [9.17, 15) is 10.2 Å². The van der Waals surface area contributed by atoms with Crippen LogP contribution in [-0.4, -0.2) is 45.5 Å². The maximum Gasteiger partial charge on any atom is 0.150 e. The molecule has 0 heterocycles. The van der Waals surface area contributed by atoms with E-state index in [4.69, 9.17) is 0 Å². The summed E-state index contributed by atoms with van der Waals surface area (Å²) in [6.07, 6.45) is 3.75. The molecule has 6 rings (SSSR count). The fourth-order valence-corrected chi connectivity index (χ4v) is 4.56. The molecule has 57 heavy (non-hydrogen) atoms.